The number of nitrogens with zero attached hydrogens (tertiary/aromatic N) is 4. The second-order valence-electron chi connectivity index (χ2n) is 6.57. The van der Waals surface area contributed by atoms with Crippen molar-refractivity contribution in [3.05, 3.63) is 65.0 Å². The van der Waals surface area contributed by atoms with Crippen LogP contribution in [0, 0.1) is 6.92 Å². The fourth-order valence-electron chi connectivity index (χ4n) is 3.32. The van der Waals surface area contributed by atoms with Gasteiger partial charge in [0.1, 0.15) is 0 Å². The standard InChI is InChI=1S/C20H21ClN4O/c1-15-5-2-3-8-18(15)25-11-9-24(10-12-25)14-19-22-20(23-26-19)16-6-4-7-17(21)13-16/h2-8,13H,9-12,14H2,1H3. The molecule has 1 aliphatic rings. The Morgan fingerprint density at radius 3 is 2.62 bits per heavy atom. The number of aromatic nitrogens is 2. The van der Waals surface area contributed by atoms with Gasteiger partial charge in [-0.05, 0) is 30.7 Å². The van der Waals surface area contributed by atoms with Crippen LogP contribution in [0.3, 0.4) is 0 Å². The van der Waals surface area contributed by atoms with Crippen molar-refractivity contribution in [3.63, 3.8) is 0 Å². The number of rotatable bonds is 4. The van der Waals surface area contributed by atoms with E-state index in [1.165, 1.54) is 11.3 Å². The lowest BCUT2D eigenvalue weighted by Crippen LogP contribution is -2.46. The molecule has 0 spiro atoms. The van der Waals surface area contributed by atoms with E-state index in [1.807, 2.05) is 24.3 Å². The van der Waals surface area contributed by atoms with Crippen LogP contribution in [0.1, 0.15) is 11.5 Å². The Hall–Kier alpha value is -2.37. The summed E-state index contributed by atoms with van der Waals surface area (Å²) >= 11 is 6.03. The van der Waals surface area contributed by atoms with E-state index in [1.54, 1.807) is 0 Å². The Kier molecular flexibility index (Phi) is 4.91. The molecule has 1 aromatic heterocycles. The molecule has 0 amide bonds. The predicted octanol–water partition coefficient (Wildman–Crippen LogP) is 4.02. The molecule has 0 radical (unpaired) electrons. The van der Waals surface area contributed by atoms with E-state index in [-0.39, 0.29) is 0 Å². The fourth-order valence-corrected chi connectivity index (χ4v) is 3.51. The quantitative estimate of drug-likeness (QED) is 0.696. The van der Waals surface area contributed by atoms with Gasteiger partial charge in [-0.25, -0.2) is 0 Å². The number of benzene rings is 2. The molecular weight excluding hydrogens is 348 g/mol. The zero-order valence-corrected chi connectivity index (χ0v) is 15.5. The summed E-state index contributed by atoms with van der Waals surface area (Å²) < 4.78 is 5.43. The number of piperazine rings is 1. The Labute approximate surface area is 158 Å². The highest BCUT2D eigenvalue weighted by Crippen LogP contribution is 2.22. The van der Waals surface area contributed by atoms with Crippen LogP contribution < -0.4 is 4.90 Å². The van der Waals surface area contributed by atoms with Gasteiger partial charge in [0, 0.05) is 42.5 Å². The smallest absolute Gasteiger partial charge is 0.241 e. The summed E-state index contributed by atoms with van der Waals surface area (Å²) in [5, 5.41) is 4.75. The highest BCUT2D eigenvalue weighted by molar-refractivity contribution is 6.30. The molecule has 2 aromatic carbocycles. The van der Waals surface area contributed by atoms with Crippen LogP contribution in [-0.2, 0) is 6.54 Å². The molecule has 6 heteroatoms. The third kappa shape index (κ3) is 3.74. The van der Waals surface area contributed by atoms with E-state index in [0.29, 0.717) is 23.3 Å². The van der Waals surface area contributed by atoms with Crippen molar-refractivity contribution in [2.75, 3.05) is 31.1 Å². The summed E-state index contributed by atoms with van der Waals surface area (Å²) in [6.45, 7) is 6.79. The number of hydrogen-bond donors (Lipinski definition) is 0. The average molecular weight is 369 g/mol. The van der Waals surface area contributed by atoms with Gasteiger partial charge in [0.2, 0.25) is 11.7 Å². The van der Waals surface area contributed by atoms with E-state index in [4.69, 9.17) is 16.1 Å². The van der Waals surface area contributed by atoms with Gasteiger partial charge >= 0.3 is 0 Å². The van der Waals surface area contributed by atoms with Crippen LogP contribution in [-0.4, -0.2) is 41.2 Å². The summed E-state index contributed by atoms with van der Waals surface area (Å²) in [6, 6.07) is 16.0. The normalized spacial score (nSPS) is 15.4. The summed E-state index contributed by atoms with van der Waals surface area (Å²) in [6.07, 6.45) is 0. The molecule has 0 unspecified atom stereocenters. The molecule has 5 nitrogen and oxygen atoms in total. The number of hydrogen-bond acceptors (Lipinski definition) is 5. The summed E-state index contributed by atoms with van der Waals surface area (Å²) in [7, 11) is 0. The van der Waals surface area contributed by atoms with E-state index in [9.17, 15) is 0 Å². The van der Waals surface area contributed by atoms with Crippen LogP contribution in [0.25, 0.3) is 11.4 Å². The van der Waals surface area contributed by atoms with Crippen molar-refractivity contribution in [3.8, 4) is 11.4 Å². The molecule has 26 heavy (non-hydrogen) atoms. The van der Waals surface area contributed by atoms with Gasteiger partial charge in [0.25, 0.3) is 0 Å². The topological polar surface area (TPSA) is 45.4 Å². The maximum Gasteiger partial charge on any atom is 0.241 e. The van der Waals surface area contributed by atoms with E-state index in [2.05, 4.69) is 51.1 Å². The Morgan fingerprint density at radius 2 is 1.85 bits per heavy atom. The van der Waals surface area contributed by atoms with Crippen LogP contribution in [0.4, 0.5) is 5.69 Å². The first-order chi connectivity index (χ1) is 12.7. The molecular formula is C20H21ClN4O. The molecule has 2 heterocycles. The molecule has 0 N–H and O–H groups in total. The van der Waals surface area contributed by atoms with Crippen LogP contribution in [0.2, 0.25) is 5.02 Å². The van der Waals surface area contributed by atoms with E-state index >= 15 is 0 Å². The Balaban J connectivity index is 1.37. The third-order valence-electron chi connectivity index (χ3n) is 4.74. The number of para-hydroxylation sites is 1. The first kappa shape index (κ1) is 17.1. The number of aryl methyl sites for hydroxylation is 1. The third-order valence-corrected chi connectivity index (χ3v) is 4.97. The van der Waals surface area contributed by atoms with E-state index in [0.717, 1.165) is 31.7 Å². The zero-order chi connectivity index (χ0) is 17.9. The van der Waals surface area contributed by atoms with Crippen LogP contribution in [0.5, 0.6) is 0 Å². The fraction of sp³-hybridized carbons (Fsp3) is 0.300. The molecule has 3 aromatic rings. The Bertz CT molecular complexity index is 887. The number of halogens is 1. The van der Waals surface area contributed by atoms with Gasteiger partial charge in [-0.2, -0.15) is 4.98 Å². The van der Waals surface area contributed by atoms with Crippen LogP contribution in [0.15, 0.2) is 53.1 Å². The summed E-state index contributed by atoms with van der Waals surface area (Å²) in [4.78, 5) is 9.31. The Morgan fingerprint density at radius 1 is 1.04 bits per heavy atom. The highest BCUT2D eigenvalue weighted by Gasteiger charge is 2.20. The van der Waals surface area contributed by atoms with E-state index < -0.39 is 0 Å². The molecule has 4 rings (SSSR count). The van der Waals surface area contributed by atoms with Crippen molar-refractivity contribution in [1.29, 1.82) is 0 Å². The van der Waals surface area contributed by atoms with Crippen molar-refractivity contribution in [1.82, 2.24) is 15.0 Å². The minimum absolute atomic E-state index is 0.584. The SMILES string of the molecule is Cc1ccccc1N1CCN(Cc2nc(-c3cccc(Cl)c3)no2)CC1. The largest absolute Gasteiger partial charge is 0.369 e. The van der Waals surface area contributed by atoms with Gasteiger partial charge < -0.3 is 9.42 Å². The minimum atomic E-state index is 0.584. The van der Waals surface area contributed by atoms with Gasteiger partial charge in [0.05, 0.1) is 6.54 Å². The van der Waals surface area contributed by atoms with Crippen molar-refractivity contribution < 1.29 is 4.52 Å². The predicted molar refractivity (Wildman–Crippen MR) is 103 cm³/mol. The second-order valence-corrected chi connectivity index (χ2v) is 7.01. The lowest BCUT2D eigenvalue weighted by Gasteiger charge is -2.36. The first-order valence-corrected chi connectivity index (χ1v) is 9.18. The van der Waals surface area contributed by atoms with Crippen molar-refractivity contribution >= 4 is 17.3 Å². The van der Waals surface area contributed by atoms with Crippen molar-refractivity contribution in [2.45, 2.75) is 13.5 Å². The first-order valence-electron chi connectivity index (χ1n) is 8.80. The number of anilines is 1. The molecule has 1 saturated heterocycles. The monoisotopic (exact) mass is 368 g/mol. The molecule has 0 atom stereocenters. The molecule has 0 aliphatic carbocycles. The lowest BCUT2D eigenvalue weighted by molar-refractivity contribution is 0.215. The highest BCUT2D eigenvalue weighted by atomic mass is 35.5. The van der Waals surface area contributed by atoms with Gasteiger partial charge in [-0.15, -0.1) is 0 Å². The second kappa shape index (κ2) is 7.48. The van der Waals surface area contributed by atoms with Crippen molar-refractivity contribution in [2.24, 2.45) is 0 Å². The van der Waals surface area contributed by atoms with Gasteiger partial charge in [-0.1, -0.05) is 47.1 Å². The molecule has 0 saturated carbocycles. The zero-order valence-electron chi connectivity index (χ0n) is 14.7. The maximum atomic E-state index is 6.03. The minimum Gasteiger partial charge on any atom is -0.369 e. The maximum absolute atomic E-state index is 6.03. The molecule has 1 aliphatic heterocycles. The van der Waals surface area contributed by atoms with Crippen LogP contribution >= 0.6 is 11.6 Å². The molecule has 1 fully saturated rings. The lowest BCUT2D eigenvalue weighted by atomic mass is 10.1. The molecule has 134 valence electrons. The summed E-state index contributed by atoms with van der Waals surface area (Å²) in [5.41, 5.74) is 3.52. The van der Waals surface area contributed by atoms with Gasteiger partial charge in [0.15, 0.2) is 0 Å². The summed E-state index contributed by atoms with van der Waals surface area (Å²) in [5.74, 6) is 1.23. The van der Waals surface area contributed by atoms with Gasteiger partial charge in [-0.3, -0.25) is 4.90 Å². The average Bonchev–Trinajstić information content (AvgIpc) is 3.12. The molecule has 0 bridgehead atoms.